The normalized spacial score (nSPS) is 15.5. The van der Waals surface area contributed by atoms with E-state index in [2.05, 4.69) is 0 Å². The summed E-state index contributed by atoms with van der Waals surface area (Å²) >= 11 is 12.1. The van der Waals surface area contributed by atoms with Crippen molar-refractivity contribution in [2.24, 2.45) is 0 Å². The van der Waals surface area contributed by atoms with E-state index in [0.717, 1.165) is 30.2 Å². The van der Waals surface area contributed by atoms with Gasteiger partial charge in [-0.25, -0.2) is 8.78 Å². The lowest BCUT2D eigenvalue weighted by molar-refractivity contribution is -0.131. The Morgan fingerprint density at radius 2 is 1.41 bits per heavy atom. The molecule has 0 aliphatic carbocycles. The minimum atomic E-state index is -1.74. The molecule has 1 aliphatic heterocycles. The average Bonchev–Trinajstić information content (AvgIpc) is 2.68. The Kier molecular flexibility index (Phi) is 6.23. The lowest BCUT2D eigenvalue weighted by atomic mass is 9.82. The zero-order chi connectivity index (χ0) is 23.0. The number of nitrogens with zero attached hydrogens (tertiary/aromatic N) is 1. The van der Waals surface area contributed by atoms with Gasteiger partial charge in [-0.3, -0.25) is 9.69 Å². The Balaban J connectivity index is 1.64. The van der Waals surface area contributed by atoms with Crippen LogP contribution in [0.5, 0.6) is 5.75 Å². The summed E-state index contributed by atoms with van der Waals surface area (Å²) in [5.41, 5.74) is -0.370. The molecular weight excluding hydrogens is 459 g/mol. The quantitative estimate of drug-likeness (QED) is 0.389. The number of β-amino-alcohol motifs (C(OH)–C–C–N with tert-alkyl or cyclic N) is 1. The molecule has 1 aliphatic rings. The predicted molar refractivity (Wildman–Crippen MR) is 118 cm³/mol. The molecule has 8 heteroatoms. The van der Waals surface area contributed by atoms with E-state index in [1.807, 2.05) is 29.2 Å². The summed E-state index contributed by atoms with van der Waals surface area (Å²) in [6.07, 6.45) is 0. The lowest BCUT2D eigenvalue weighted by Gasteiger charge is -2.50. The Hall–Kier alpha value is -2.51. The van der Waals surface area contributed by atoms with Crippen LogP contribution in [0.1, 0.15) is 29.7 Å². The van der Waals surface area contributed by atoms with Crippen LogP contribution in [0, 0.1) is 11.6 Å². The van der Waals surface area contributed by atoms with Crippen LogP contribution < -0.4 is 4.74 Å². The maximum Gasteiger partial charge on any atom is 0.308 e. The second-order valence-electron chi connectivity index (χ2n) is 7.80. The molecule has 0 aromatic heterocycles. The topological polar surface area (TPSA) is 49.8 Å². The van der Waals surface area contributed by atoms with Crippen molar-refractivity contribution in [1.82, 2.24) is 4.90 Å². The zero-order valence-corrected chi connectivity index (χ0v) is 18.5. The first-order valence-electron chi connectivity index (χ1n) is 9.81. The van der Waals surface area contributed by atoms with Gasteiger partial charge in [0.15, 0.2) is 0 Å². The van der Waals surface area contributed by atoms with Crippen molar-refractivity contribution in [2.75, 3.05) is 13.1 Å². The summed E-state index contributed by atoms with van der Waals surface area (Å²) in [4.78, 5) is 13.0. The highest BCUT2D eigenvalue weighted by Gasteiger charge is 2.49. The maximum atomic E-state index is 14.7. The summed E-state index contributed by atoms with van der Waals surface area (Å²) in [6, 6.07) is 16.0. The molecule has 0 unspecified atom stereocenters. The first kappa shape index (κ1) is 22.7. The van der Waals surface area contributed by atoms with Gasteiger partial charge in [0.1, 0.15) is 23.0 Å². The zero-order valence-electron chi connectivity index (χ0n) is 17.0. The molecule has 3 aromatic rings. The van der Waals surface area contributed by atoms with E-state index < -0.39 is 28.8 Å². The number of carbonyl (C=O) groups is 1. The Morgan fingerprint density at radius 3 is 1.81 bits per heavy atom. The number of aliphatic hydroxyl groups is 1. The number of ether oxygens (including phenoxy) is 1. The molecule has 0 bridgehead atoms. The molecular formula is C24H19Cl2F2NO3. The smallest absolute Gasteiger partial charge is 0.308 e. The lowest BCUT2D eigenvalue weighted by Crippen LogP contribution is -2.61. The van der Waals surface area contributed by atoms with Gasteiger partial charge in [-0.15, -0.1) is 0 Å². The molecule has 1 heterocycles. The Morgan fingerprint density at radius 1 is 0.969 bits per heavy atom. The van der Waals surface area contributed by atoms with Crippen LogP contribution in [-0.4, -0.2) is 29.1 Å². The highest BCUT2D eigenvalue weighted by atomic mass is 35.5. The van der Waals surface area contributed by atoms with Gasteiger partial charge in [-0.2, -0.15) is 0 Å². The van der Waals surface area contributed by atoms with E-state index in [-0.39, 0.29) is 24.9 Å². The van der Waals surface area contributed by atoms with E-state index >= 15 is 0 Å². The molecule has 0 spiro atoms. The third-order valence-electron chi connectivity index (χ3n) is 5.41. The molecule has 32 heavy (non-hydrogen) atoms. The number of hydrogen-bond donors (Lipinski definition) is 1. The highest BCUT2D eigenvalue weighted by Crippen LogP contribution is 2.43. The van der Waals surface area contributed by atoms with E-state index in [4.69, 9.17) is 27.9 Å². The Labute approximate surface area is 193 Å². The second-order valence-corrected chi connectivity index (χ2v) is 8.67. The SMILES string of the molecule is CC(=O)Oc1cc(F)c(C2(O)CN(C(c3ccc(Cl)cc3)c3ccc(Cl)cc3)C2)c(F)c1. The van der Waals surface area contributed by atoms with Crippen LogP contribution in [-0.2, 0) is 10.4 Å². The summed E-state index contributed by atoms with van der Waals surface area (Å²) in [5, 5.41) is 12.2. The molecule has 0 amide bonds. The summed E-state index contributed by atoms with van der Waals surface area (Å²) in [5.74, 6) is -2.90. The molecule has 166 valence electrons. The predicted octanol–water partition coefficient (Wildman–Crippen LogP) is 5.49. The third kappa shape index (κ3) is 4.50. The number of likely N-dealkylation sites (tertiary alicyclic amines) is 1. The number of hydrogen-bond acceptors (Lipinski definition) is 4. The fourth-order valence-corrected chi connectivity index (χ4v) is 4.34. The largest absolute Gasteiger partial charge is 0.427 e. The second kappa shape index (κ2) is 8.79. The van der Waals surface area contributed by atoms with Gasteiger partial charge in [0, 0.05) is 42.2 Å². The first-order valence-corrected chi connectivity index (χ1v) is 10.6. The van der Waals surface area contributed by atoms with Crippen LogP contribution in [0.2, 0.25) is 10.0 Å². The number of halogens is 4. The van der Waals surface area contributed by atoms with Crippen molar-refractivity contribution < 1.29 is 23.4 Å². The van der Waals surface area contributed by atoms with Crippen LogP contribution in [0.15, 0.2) is 60.7 Å². The third-order valence-corrected chi connectivity index (χ3v) is 5.91. The number of benzene rings is 3. The standard InChI is InChI=1S/C24H19Cl2F2NO3/c1-14(30)32-19-10-20(27)22(21(28)11-19)24(31)12-29(13-24)23(15-2-6-17(25)7-3-15)16-4-8-18(26)9-5-16/h2-11,23,31H,12-13H2,1H3. The van der Waals surface area contributed by atoms with Crippen LogP contribution in [0.3, 0.4) is 0 Å². The fourth-order valence-electron chi connectivity index (χ4n) is 4.09. The minimum Gasteiger partial charge on any atom is -0.427 e. The van der Waals surface area contributed by atoms with Gasteiger partial charge in [-0.1, -0.05) is 47.5 Å². The first-order chi connectivity index (χ1) is 15.2. The minimum absolute atomic E-state index is 0.0102. The van der Waals surface area contributed by atoms with Crippen molar-refractivity contribution in [2.45, 2.75) is 18.6 Å². The summed E-state index contributed by atoms with van der Waals surface area (Å²) in [6.45, 7) is 1.11. The number of esters is 1. The molecule has 3 aromatic carbocycles. The van der Waals surface area contributed by atoms with Gasteiger partial charge in [0.25, 0.3) is 0 Å². The maximum absolute atomic E-state index is 14.7. The van der Waals surface area contributed by atoms with Gasteiger partial charge in [0.2, 0.25) is 0 Å². The van der Waals surface area contributed by atoms with E-state index in [9.17, 15) is 18.7 Å². The van der Waals surface area contributed by atoms with Gasteiger partial charge in [-0.05, 0) is 35.4 Å². The van der Waals surface area contributed by atoms with Crippen LogP contribution >= 0.6 is 23.2 Å². The number of carbonyl (C=O) groups excluding carboxylic acids is 1. The van der Waals surface area contributed by atoms with Crippen molar-refractivity contribution in [3.8, 4) is 5.75 Å². The van der Waals surface area contributed by atoms with Crippen molar-refractivity contribution in [3.05, 3.63) is 99.0 Å². The van der Waals surface area contributed by atoms with Crippen LogP contribution in [0.4, 0.5) is 8.78 Å². The molecule has 1 N–H and O–H groups in total. The molecule has 1 saturated heterocycles. The molecule has 4 rings (SSSR count). The van der Waals surface area contributed by atoms with Gasteiger partial charge < -0.3 is 9.84 Å². The van der Waals surface area contributed by atoms with Crippen LogP contribution in [0.25, 0.3) is 0 Å². The van der Waals surface area contributed by atoms with E-state index in [0.29, 0.717) is 10.0 Å². The van der Waals surface area contributed by atoms with E-state index in [1.54, 1.807) is 24.3 Å². The van der Waals surface area contributed by atoms with Gasteiger partial charge in [0.05, 0.1) is 11.6 Å². The molecule has 0 atom stereocenters. The van der Waals surface area contributed by atoms with Crippen molar-refractivity contribution in [3.63, 3.8) is 0 Å². The summed E-state index contributed by atoms with van der Waals surface area (Å²) in [7, 11) is 0. The van der Waals surface area contributed by atoms with Crippen molar-refractivity contribution in [1.29, 1.82) is 0 Å². The monoisotopic (exact) mass is 477 g/mol. The molecule has 4 nitrogen and oxygen atoms in total. The molecule has 0 saturated carbocycles. The highest BCUT2D eigenvalue weighted by molar-refractivity contribution is 6.30. The fraction of sp³-hybridized carbons (Fsp3) is 0.208. The Bertz CT molecular complexity index is 1080. The molecule has 1 fully saturated rings. The van der Waals surface area contributed by atoms with Crippen molar-refractivity contribution >= 4 is 29.2 Å². The van der Waals surface area contributed by atoms with E-state index in [1.165, 1.54) is 0 Å². The molecule has 0 radical (unpaired) electrons. The van der Waals surface area contributed by atoms with Gasteiger partial charge >= 0.3 is 5.97 Å². The number of rotatable bonds is 5. The summed E-state index contributed by atoms with van der Waals surface area (Å²) < 4.78 is 34.2. The average molecular weight is 478 g/mol.